The van der Waals surface area contributed by atoms with E-state index in [1.165, 1.54) is 0 Å². The molecule has 1 amide bonds. The minimum Gasteiger partial charge on any atom is -0.441 e. The van der Waals surface area contributed by atoms with Gasteiger partial charge in [0.2, 0.25) is 5.91 Å². The van der Waals surface area contributed by atoms with Crippen LogP contribution in [-0.2, 0) is 11.2 Å². The third-order valence-corrected chi connectivity index (χ3v) is 4.49. The maximum absolute atomic E-state index is 12.2. The molecule has 130 valence electrons. The second kappa shape index (κ2) is 7.77. The van der Waals surface area contributed by atoms with Gasteiger partial charge in [0, 0.05) is 19.5 Å². The first-order chi connectivity index (χ1) is 11.6. The van der Waals surface area contributed by atoms with Gasteiger partial charge in [0.05, 0.1) is 12.6 Å². The van der Waals surface area contributed by atoms with E-state index < -0.39 is 0 Å². The van der Waals surface area contributed by atoms with Gasteiger partial charge in [-0.2, -0.15) is 0 Å². The Bertz CT molecular complexity index is 644. The van der Waals surface area contributed by atoms with Crippen LogP contribution in [0.5, 0.6) is 0 Å². The molecule has 3 rings (SSSR count). The number of hydrogen-bond donors (Lipinski definition) is 1. The molecule has 0 bridgehead atoms. The zero-order valence-electron chi connectivity index (χ0n) is 14.1. The average Bonchev–Trinajstić information content (AvgIpc) is 2.98. The number of rotatable bonds is 6. The molecule has 1 aliphatic rings. The van der Waals surface area contributed by atoms with Crippen molar-refractivity contribution in [1.82, 2.24) is 14.8 Å². The molecule has 0 spiro atoms. The van der Waals surface area contributed by atoms with Gasteiger partial charge >= 0.3 is 0 Å². The molecule has 1 fully saturated rings. The van der Waals surface area contributed by atoms with Gasteiger partial charge in [0.25, 0.3) is 0 Å². The van der Waals surface area contributed by atoms with Crippen molar-refractivity contribution in [3.05, 3.63) is 30.2 Å². The third-order valence-electron chi connectivity index (χ3n) is 4.49. The molecule has 1 aromatic carbocycles. The monoisotopic (exact) mass is 331 g/mol. The Kier molecular flexibility index (Phi) is 5.48. The Morgan fingerprint density at radius 1 is 1.38 bits per heavy atom. The van der Waals surface area contributed by atoms with Crippen molar-refractivity contribution in [2.45, 2.75) is 31.8 Å². The molecule has 0 radical (unpaired) electrons. The molecule has 2 heterocycles. The highest BCUT2D eigenvalue weighted by molar-refractivity contribution is 5.78. The first-order valence-corrected chi connectivity index (χ1v) is 8.60. The summed E-state index contributed by atoms with van der Waals surface area (Å²) in [5, 5.41) is 9.50. The molecule has 2 aromatic rings. The van der Waals surface area contributed by atoms with Gasteiger partial charge in [-0.25, -0.2) is 4.98 Å². The van der Waals surface area contributed by atoms with Crippen molar-refractivity contribution >= 4 is 17.0 Å². The number of carbonyl (C=O) groups is 1. The zero-order valence-corrected chi connectivity index (χ0v) is 14.1. The molecule has 1 aliphatic heterocycles. The molecule has 6 nitrogen and oxygen atoms in total. The van der Waals surface area contributed by atoms with Crippen molar-refractivity contribution in [1.29, 1.82) is 0 Å². The molecule has 1 N–H and O–H groups in total. The van der Waals surface area contributed by atoms with E-state index in [1.807, 2.05) is 41.1 Å². The number of likely N-dealkylation sites (tertiary alicyclic amines) is 1. The SMILES string of the molecule is CN(CCCc1nc2ccccc2o1)CC(=O)N1CCC(O)CC1. The van der Waals surface area contributed by atoms with Crippen molar-refractivity contribution in [3.63, 3.8) is 0 Å². The fraction of sp³-hybridized carbons (Fsp3) is 0.556. The highest BCUT2D eigenvalue weighted by Gasteiger charge is 2.21. The first kappa shape index (κ1) is 16.9. The summed E-state index contributed by atoms with van der Waals surface area (Å²) in [5.41, 5.74) is 1.71. The molecule has 1 aromatic heterocycles. The number of likely N-dealkylation sites (N-methyl/N-ethyl adjacent to an activating group) is 1. The average molecular weight is 331 g/mol. The van der Waals surface area contributed by atoms with E-state index in [0.717, 1.165) is 36.4 Å². The fourth-order valence-electron chi connectivity index (χ4n) is 3.05. The molecule has 1 saturated heterocycles. The lowest BCUT2D eigenvalue weighted by atomic mass is 10.1. The fourth-order valence-corrected chi connectivity index (χ4v) is 3.05. The van der Waals surface area contributed by atoms with E-state index in [1.54, 1.807) is 0 Å². The lowest BCUT2D eigenvalue weighted by Crippen LogP contribution is -2.44. The van der Waals surface area contributed by atoms with E-state index in [0.29, 0.717) is 32.5 Å². The summed E-state index contributed by atoms with van der Waals surface area (Å²) in [4.78, 5) is 20.6. The van der Waals surface area contributed by atoms with Crippen LogP contribution in [-0.4, -0.2) is 65.1 Å². The number of aliphatic hydroxyl groups is 1. The van der Waals surface area contributed by atoms with E-state index in [9.17, 15) is 9.90 Å². The number of benzene rings is 1. The highest BCUT2D eigenvalue weighted by atomic mass is 16.3. The summed E-state index contributed by atoms with van der Waals surface area (Å²) >= 11 is 0. The normalized spacial score (nSPS) is 16.2. The molecule has 24 heavy (non-hydrogen) atoms. The van der Waals surface area contributed by atoms with Gasteiger partial charge < -0.3 is 14.4 Å². The zero-order chi connectivity index (χ0) is 16.9. The molecule has 0 aliphatic carbocycles. The number of para-hydroxylation sites is 2. The number of aryl methyl sites for hydroxylation is 1. The summed E-state index contributed by atoms with van der Waals surface area (Å²) in [7, 11) is 1.96. The minimum absolute atomic E-state index is 0.145. The maximum Gasteiger partial charge on any atom is 0.236 e. The van der Waals surface area contributed by atoms with Gasteiger partial charge in [-0.05, 0) is 45.0 Å². The smallest absolute Gasteiger partial charge is 0.236 e. The van der Waals surface area contributed by atoms with Crippen LogP contribution in [0.2, 0.25) is 0 Å². The van der Waals surface area contributed by atoms with Crippen molar-refractivity contribution in [2.24, 2.45) is 0 Å². The number of hydrogen-bond acceptors (Lipinski definition) is 5. The quantitative estimate of drug-likeness (QED) is 0.872. The lowest BCUT2D eigenvalue weighted by molar-refractivity contribution is -0.134. The Labute approximate surface area is 142 Å². The van der Waals surface area contributed by atoms with Crippen LogP contribution in [0.3, 0.4) is 0 Å². The number of piperidine rings is 1. The number of oxazole rings is 1. The standard InChI is InChI=1S/C18H25N3O3/c1-20(13-18(23)21-11-8-14(22)9-12-21)10-4-7-17-19-15-5-2-3-6-16(15)24-17/h2-3,5-6,14,22H,4,7-13H2,1H3. The Morgan fingerprint density at radius 3 is 2.88 bits per heavy atom. The summed E-state index contributed by atoms with van der Waals surface area (Å²) < 4.78 is 5.71. The Balaban J connectivity index is 1.40. The van der Waals surface area contributed by atoms with Crippen LogP contribution in [0.1, 0.15) is 25.2 Å². The number of aromatic nitrogens is 1. The number of amides is 1. The van der Waals surface area contributed by atoms with Crippen molar-refractivity contribution in [3.8, 4) is 0 Å². The number of carbonyl (C=O) groups excluding carboxylic acids is 1. The number of nitrogens with zero attached hydrogens (tertiary/aromatic N) is 3. The molecule has 0 saturated carbocycles. The van der Waals surface area contributed by atoms with Gasteiger partial charge in [-0.1, -0.05) is 12.1 Å². The molecule has 0 atom stereocenters. The van der Waals surface area contributed by atoms with Gasteiger partial charge in [0.15, 0.2) is 11.5 Å². The van der Waals surface area contributed by atoms with Gasteiger partial charge in [0.1, 0.15) is 5.52 Å². The summed E-state index contributed by atoms with van der Waals surface area (Å²) in [6.07, 6.45) is 2.79. The second-order valence-electron chi connectivity index (χ2n) is 6.53. The van der Waals surface area contributed by atoms with Crippen molar-refractivity contribution in [2.75, 3.05) is 33.2 Å². The van der Waals surface area contributed by atoms with Crippen LogP contribution < -0.4 is 0 Å². The molecular formula is C18H25N3O3. The Hall–Kier alpha value is -1.92. The first-order valence-electron chi connectivity index (χ1n) is 8.60. The highest BCUT2D eigenvalue weighted by Crippen LogP contribution is 2.15. The largest absolute Gasteiger partial charge is 0.441 e. The van der Waals surface area contributed by atoms with Crippen LogP contribution in [0.25, 0.3) is 11.1 Å². The maximum atomic E-state index is 12.2. The molecule has 0 unspecified atom stereocenters. The van der Waals surface area contributed by atoms with Gasteiger partial charge in [-0.15, -0.1) is 0 Å². The van der Waals surface area contributed by atoms with Crippen molar-refractivity contribution < 1.29 is 14.3 Å². The predicted molar refractivity (Wildman–Crippen MR) is 91.6 cm³/mol. The minimum atomic E-state index is -0.247. The number of aliphatic hydroxyl groups excluding tert-OH is 1. The summed E-state index contributed by atoms with van der Waals surface area (Å²) in [6.45, 7) is 2.57. The van der Waals surface area contributed by atoms with Crippen LogP contribution in [0.15, 0.2) is 28.7 Å². The summed E-state index contributed by atoms with van der Waals surface area (Å²) in [6, 6.07) is 7.76. The predicted octanol–water partition coefficient (Wildman–Crippen LogP) is 1.68. The molecular weight excluding hydrogens is 306 g/mol. The lowest BCUT2D eigenvalue weighted by Gasteiger charge is -2.31. The number of fused-ring (bicyclic) bond motifs is 1. The second-order valence-corrected chi connectivity index (χ2v) is 6.53. The van der Waals surface area contributed by atoms with E-state index in [4.69, 9.17) is 4.42 Å². The van der Waals surface area contributed by atoms with E-state index >= 15 is 0 Å². The van der Waals surface area contributed by atoms with Gasteiger partial charge in [-0.3, -0.25) is 9.69 Å². The molecule has 6 heteroatoms. The Morgan fingerprint density at radius 2 is 2.12 bits per heavy atom. The topological polar surface area (TPSA) is 69.8 Å². The van der Waals surface area contributed by atoms with Crippen LogP contribution in [0.4, 0.5) is 0 Å². The van der Waals surface area contributed by atoms with Crippen LogP contribution in [0, 0.1) is 0 Å². The van der Waals surface area contributed by atoms with E-state index in [-0.39, 0.29) is 12.0 Å². The van der Waals surface area contributed by atoms with E-state index in [2.05, 4.69) is 4.98 Å². The van der Waals surface area contributed by atoms with Crippen LogP contribution >= 0.6 is 0 Å². The third kappa shape index (κ3) is 4.33. The summed E-state index contributed by atoms with van der Waals surface area (Å²) in [5.74, 6) is 0.896.